The number of aromatic nitrogens is 2. The fourth-order valence-electron chi connectivity index (χ4n) is 5.77. The number of hydrogen-bond acceptors (Lipinski definition) is 7. The van der Waals surface area contributed by atoms with Crippen molar-refractivity contribution in [1.29, 1.82) is 0 Å². The number of benzene rings is 1. The van der Waals surface area contributed by atoms with Crippen LogP contribution in [0.3, 0.4) is 0 Å². The molecule has 2 aromatic rings. The van der Waals surface area contributed by atoms with Gasteiger partial charge in [0.05, 0.1) is 29.3 Å². The lowest BCUT2D eigenvalue weighted by atomic mass is 9.86. The molecular formula is C26H31F4N5O4S. The van der Waals surface area contributed by atoms with Crippen LogP contribution in [0.5, 0.6) is 0 Å². The van der Waals surface area contributed by atoms with Gasteiger partial charge < -0.3 is 15.3 Å². The number of amides is 1. The number of carbonyl (C=O) groups is 1. The third-order valence-corrected chi connectivity index (χ3v) is 9.48. The lowest BCUT2D eigenvalue weighted by molar-refractivity contribution is -0.0387. The van der Waals surface area contributed by atoms with Gasteiger partial charge in [-0.1, -0.05) is 0 Å². The number of rotatable bonds is 9. The Hall–Kier alpha value is -3.00. The predicted octanol–water partition coefficient (Wildman–Crippen LogP) is 4.24. The smallest absolute Gasteiger partial charge is 0.258 e. The first-order valence-corrected chi connectivity index (χ1v) is 14.9. The van der Waals surface area contributed by atoms with Crippen molar-refractivity contribution in [2.75, 3.05) is 40.4 Å². The standard InChI is InChI=1S/C26H31F4N5O4S/c27-24(28)25-8-10-35(15-17(25)14-25)20-13-18(34-40(38,39)12-11-36)1-2-19(20)23(37)33-21-5-9-31-22(32-21)16-3-6-26(29,30)7-4-16/h1-2,5,9,13,16-17,24,34,36H,3-4,6-8,10-12,14-15H2,(H,31,32,33,37)/t17-,25+/m0/s1. The average Bonchev–Trinajstić information content (AvgIpc) is 3.64. The molecule has 5 rings (SSSR count). The van der Waals surface area contributed by atoms with E-state index in [9.17, 15) is 30.8 Å². The number of sulfonamides is 1. The number of fused-ring (bicyclic) bond motifs is 1. The summed E-state index contributed by atoms with van der Waals surface area (Å²) < 4.78 is 81.2. The third kappa shape index (κ3) is 6.02. The number of hydrogen-bond donors (Lipinski definition) is 3. The van der Waals surface area contributed by atoms with E-state index in [4.69, 9.17) is 5.11 Å². The number of carbonyl (C=O) groups excluding carboxylic acids is 1. The van der Waals surface area contributed by atoms with Crippen molar-refractivity contribution >= 4 is 33.1 Å². The lowest BCUT2D eigenvalue weighted by Crippen LogP contribution is -2.38. The molecule has 1 aromatic heterocycles. The molecule has 0 radical (unpaired) electrons. The highest BCUT2D eigenvalue weighted by atomic mass is 32.2. The Morgan fingerprint density at radius 2 is 1.93 bits per heavy atom. The molecule has 1 aliphatic heterocycles. The Morgan fingerprint density at radius 3 is 2.60 bits per heavy atom. The Bertz CT molecular complexity index is 1370. The molecule has 1 saturated heterocycles. The van der Waals surface area contributed by atoms with E-state index >= 15 is 0 Å². The molecule has 0 bridgehead atoms. The fourth-order valence-corrected chi connectivity index (χ4v) is 6.60. The second-order valence-electron chi connectivity index (χ2n) is 10.9. The largest absolute Gasteiger partial charge is 0.395 e. The van der Waals surface area contributed by atoms with Gasteiger partial charge in [0.1, 0.15) is 11.6 Å². The summed E-state index contributed by atoms with van der Waals surface area (Å²) in [6, 6.07) is 5.81. The van der Waals surface area contributed by atoms with Gasteiger partial charge in [-0.05, 0) is 55.9 Å². The van der Waals surface area contributed by atoms with Crippen LogP contribution in [0.15, 0.2) is 30.5 Å². The minimum Gasteiger partial charge on any atom is -0.395 e. The Balaban J connectivity index is 1.38. The van der Waals surface area contributed by atoms with Gasteiger partial charge in [-0.15, -0.1) is 0 Å². The van der Waals surface area contributed by atoms with E-state index in [1.165, 1.54) is 30.5 Å². The van der Waals surface area contributed by atoms with E-state index in [0.29, 0.717) is 24.5 Å². The molecule has 1 amide bonds. The first kappa shape index (κ1) is 28.5. The van der Waals surface area contributed by atoms with Crippen molar-refractivity contribution in [1.82, 2.24) is 9.97 Å². The van der Waals surface area contributed by atoms with Gasteiger partial charge in [-0.25, -0.2) is 35.9 Å². The molecule has 0 unspecified atom stereocenters. The molecule has 3 N–H and O–H groups in total. The summed E-state index contributed by atoms with van der Waals surface area (Å²) >= 11 is 0. The Labute approximate surface area is 229 Å². The summed E-state index contributed by atoms with van der Waals surface area (Å²) in [5.74, 6) is -3.69. The quantitative estimate of drug-likeness (QED) is 0.376. The van der Waals surface area contributed by atoms with Gasteiger partial charge in [-0.3, -0.25) is 9.52 Å². The maximum Gasteiger partial charge on any atom is 0.258 e. The monoisotopic (exact) mass is 585 g/mol. The minimum absolute atomic E-state index is 0.167. The lowest BCUT2D eigenvalue weighted by Gasteiger charge is -2.34. The highest BCUT2D eigenvalue weighted by molar-refractivity contribution is 7.92. The number of aliphatic hydroxyl groups excluding tert-OH is 1. The van der Waals surface area contributed by atoms with Gasteiger partial charge in [0.25, 0.3) is 5.91 Å². The molecule has 9 nitrogen and oxygen atoms in total. The van der Waals surface area contributed by atoms with Crippen LogP contribution in [0.25, 0.3) is 0 Å². The molecular weight excluding hydrogens is 554 g/mol. The van der Waals surface area contributed by atoms with Crippen molar-refractivity contribution in [3.63, 3.8) is 0 Å². The maximum absolute atomic E-state index is 13.6. The van der Waals surface area contributed by atoms with E-state index in [1.54, 1.807) is 0 Å². The minimum atomic E-state index is -3.84. The second kappa shape index (κ2) is 10.8. The van der Waals surface area contributed by atoms with E-state index in [2.05, 4.69) is 20.0 Å². The molecule has 2 atom stereocenters. The van der Waals surface area contributed by atoms with Gasteiger partial charge in [-0.2, -0.15) is 0 Å². The normalized spacial score (nSPS) is 24.4. The zero-order valence-electron chi connectivity index (χ0n) is 21.6. The third-order valence-electron chi connectivity index (χ3n) is 8.22. The average molecular weight is 586 g/mol. The van der Waals surface area contributed by atoms with Gasteiger partial charge in [0.15, 0.2) is 0 Å². The van der Waals surface area contributed by atoms with Crippen molar-refractivity contribution in [2.24, 2.45) is 11.3 Å². The van der Waals surface area contributed by atoms with E-state index in [0.717, 1.165) is 0 Å². The zero-order valence-corrected chi connectivity index (χ0v) is 22.4. The van der Waals surface area contributed by atoms with Crippen LogP contribution in [0.4, 0.5) is 34.8 Å². The summed E-state index contributed by atoms with van der Waals surface area (Å²) in [6.07, 6.45) is -0.378. The van der Waals surface area contributed by atoms with Gasteiger partial charge in [0, 0.05) is 43.5 Å². The van der Waals surface area contributed by atoms with Gasteiger partial charge in [0.2, 0.25) is 22.4 Å². The molecule has 2 aliphatic carbocycles. The first-order chi connectivity index (χ1) is 18.9. The Morgan fingerprint density at radius 1 is 1.18 bits per heavy atom. The predicted molar refractivity (Wildman–Crippen MR) is 140 cm³/mol. The van der Waals surface area contributed by atoms with Crippen LogP contribution >= 0.6 is 0 Å². The van der Waals surface area contributed by atoms with E-state index < -0.39 is 46.1 Å². The number of nitrogens with zero attached hydrogens (tertiary/aromatic N) is 3. The fraction of sp³-hybridized carbons (Fsp3) is 0.577. The number of alkyl halides is 4. The van der Waals surface area contributed by atoms with Gasteiger partial charge >= 0.3 is 0 Å². The van der Waals surface area contributed by atoms with E-state index in [-0.39, 0.29) is 67.6 Å². The van der Waals surface area contributed by atoms with Crippen LogP contribution in [-0.4, -0.2) is 67.2 Å². The molecule has 2 saturated carbocycles. The first-order valence-electron chi connectivity index (χ1n) is 13.2. The molecule has 0 spiro atoms. The number of piperidine rings is 1. The van der Waals surface area contributed by atoms with Crippen LogP contribution < -0.4 is 14.9 Å². The second-order valence-corrected chi connectivity index (χ2v) is 12.7. The Kier molecular flexibility index (Phi) is 7.68. The topological polar surface area (TPSA) is 125 Å². The molecule has 14 heteroatoms. The van der Waals surface area contributed by atoms with Crippen molar-refractivity contribution in [3.05, 3.63) is 41.9 Å². The highest BCUT2D eigenvalue weighted by Gasteiger charge is 2.62. The molecule has 40 heavy (non-hydrogen) atoms. The van der Waals surface area contributed by atoms with E-state index in [1.807, 2.05) is 4.90 Å². The summed E-state index contributed by atoms with van der Waals surface area (Å²) in [6.45, 7) is -0.0181. The highest BCUT2D eigenvalue weighted by Crippen LogP contribution is 2.61. The number of nitrogens with one attached hydrogen (secondary N) is 2. The molecule has 3 aliphatic rings. The molecule has 3 fully saturated rings. The van der Waals surface area contributed by atoms with Crippen molar-refractivity contribution in [2.45, 2.75) is 56.8 Å². The van der Waals surface area contributed by atoms with Crippen LogP contribution in [0, 0.1) is 11.3 Å². The summed E-state index contributed by atoms with van der Waals surface area (Å²) in [4.78, 5) is 23.8. The number of aliphatic hydroxyl groups is 1. The SMILES string of the molecule is O=C(Nc1ccnc(C2CCC(F)(F)CC2)n1)c1ccc(NS(=O)(=O)CCO)cc1N1CC[C@@]2(C(F)F)C[C@H]2C1. The molecule has 218 valence electrons. The maximum atomic E-state index is 13.6. The number of halogens is 4. The summed E-state index contributed by atoms with van der Waals surface area (Å²) in [5, 5.41) is 11.8. The van der Waals surface area contributed by atoms with Crippen LogP contribution in [0.2, 0.25) is 0 Å². The van der Waals surface area contributed by atoms with Crippen LogP contribution in [0.1, 0.15) is 60.6 Å². The summed E-state index contributed by atoms with van der Waals surface area (Å²) in [5.41, 5.74) is -0.271. The van der Waals surface area contributed by atoms with Crippen molar-refractivity contribution in [3.8, 4) is 0 Å². The summed E-state index contributed by atoms with van der Waals surface area (Å²) in [7, 11) is -3.84. The van der Waals surface area contributed by atoms with Crippen LogP contribution in [-0.2, 0) is 10.0 Å². The number of anilines is 3. The molecule has 2 heterocycles. The van der Waals surface area contributed by atoms with Crippen molar-refractivity contribution < 1.29 is 35.9 Å². The molecule has 1 aromatic carbocycles. The zero-order chi connectivity index (χ0) is 28.7.